The van der Waals surface area contributed by atoms with Crippen LogP contribution in [-0.4, -0.2) is 23.2 Å². The number of nitrogens with zero attached hydrogens (tertiary/aromatic N) is 1. The lowest BCUT2D eigenvalue weighted by Crippen LogP contribution is -1.98. The van der Waals surface area contributed by atoms with Crippen LogP contribution in [0.1, 0.15) is 10.4 Å². The molecule has 0 aliphatic rings. The fourth-order valence-electron chi connectivity index (χ4n) is 2.30. The number of rotatable bonds is 3. The van der Waals surface area contributed by atoms with Crippen LogP contribution in [0.15, 0.2) is 54.7 Å². The molecule has 1 heterocycles. The number of pyridine rings is 1. The standard InChI is InChI=1S/C17H13NO3/c1-21-13-5-2-11(3-6-13)12-4-7-16-15(10-12)14(17(19)20)8-9-18-16/h2-10H,1H3,(H,19,20). The number of carboxylic acids is 1. The van der Waals surface area contributed by atoms with Gasteiger partial charge in [0.2, 0.25) is 0 Å². The largest absolute Gasteiger partial charge is 0.497 e. The van der Waals surface area contributed by atoms with Crippen molar-refractivity contribution in [2.45, 2.75) is 0 Å². The smallest absolute Gasteiger partial charge is 0.336 e. The summed E-state index contributed by atoms with van der Waals surface area (Å²) in [7, 11) is 1.62. The number of hydrogen-bond acceptors (Lipinski definition) is 3. The maximum absolute atomic E-state index is 11.3. The first-order valence-corrected chi connectivity index (χ1v) is 6.45. The lowest BCUT2D eigenvalue weighted by atomic mass is 10.0. The Labute approximate surface area is 121 Å². The Balaban J connectivity index is 2.15. The Hall–Kier alpha value is -2.88. The number of fused-ring (bicyclic) bond motifs is 1. The summed E-state index contributed by atoms with van der Waals surface area (Å²) < 4.78 is 5.14. The molecule has 0 aliphatic heterocycles. The van der Waals surface area contributed by atoms with Crippen molar-refractivity contribution < 1.29 is 14.6 Å². The molecule has 0 amide bonds. The highest BCUT2D eigenvalue weighted by atomic mass is 16.5. The van der Waals surface area contributed by atoms with E-state index in [0.717, 1.165) is 16.9 Å². The van der Waals surface area contributed by atoms with Crippen LogP contribution in [0, 0.1) is 0 Å². The van der Waals surface area contributed by atoms with Gasteiger partial charge in [-0.1, -0.05) is 18.2 Å². The van der Waals surface area contributed by atoms with Gasteiger partial charge in [-0.2, -0.15) is 0 Å². The Morgan fingerprint density at radius 2 is 1.76 bits per heavy atom. The molecule has 0 aliphatic carbocycles. The van der Waals surface area contributed by atoms with Gasteiger partial charge in [-0.25, -0.2) is 4.79 Å². The minimum Gasteiger partial charge on any atom is -0.497 e. The van der Waals surface area contributed by atoms with Gasteiger partial charge in [0, 0.05) is 11.6 Å². The Morgan fingerprint density at radius 1 is 1.05 bits per heavy atom. The number of aromatic carboxylic acids is 1. The first kappa shape index (κ1) is 13.1. The molecule has 0 unspecified atom stereocenters. The molecule has 0 atom stereocenters. The fourth-order valence-corrected chi connectivity index (χ4v) is 2.30. The number of hydrogen-bond donors (Lipinski definition) is 1. The Morgan fingerprint density at radius 3 is 2.43 bits per heavy atom. The third kappa shape index (κ3) is 2.43. The zero-order valence-corrected chi connectivity index (χ0v) is 11.4. The predicted octanol–water partition coefficient (Wildman–Crippen LogP) is 3.61. The van der Waals surface area contributed by atoms with E-state index in [2.05, 4.69) is 4.98 Å². The van der Waals surface area contributed by atoms with Crippen molar-refractivity contribution in [1.82, 2.24) is 4.98 Å². The van der Waals surface area contributed by atoms with Crippen molar-refractivity contribution in [2.24, 2.45) is 0 Å². The van der Waals surface area contributed by atoms with Crippen molar-refractivity contribution in [1.29, 1.82) is 0 Å². The quantitative estimate of drug-likeness (QED) is 0.795. The van der Waals surface area contributed by atoms with E-state index in [-0.39, 0.29) is 5.56 Å². The maximum Gasteiger partial charge on any atom is 0.336 e. The van der Waals surface area contributed by atoms with Crippen LogP contribution in [0.25, 0.3) is 22.0 Å². The Bertz CT molecular complexity index is 810. The molecule has 0 saturated carbocycles. The van der Waals surface area contributed by atoms with E-state index in [4.69, 9.17) is 4.74 Å². The molecule has 1 aromatic heterocycles. The van der Waals surface area contributed by atoms with Crippen molar-refractivity contribution in [3.63, 3.8) is 0 Å². The highest BCUT2D eigenvalue weighted by molar-refractivity contribution is 6.03. The summed E-state index contributed by atoms with van der Waals surface area (Å²) in [6, 6.07) is 14.8. The molecular weight excluding hydrogens is 266 g/mol. The number of carbonyl (C=O) groups is 1. The molecule has 3 aromatic rings. The summed E-state index contributed by atoms with van der Waals surface area (Å²) in [6.45, 7) is 0. The van der Waals surface area contributed by atoms with Crippen molar-refractivity contribution in [3.05, 3.63) is 60.3 Å². The molecule has 2 aromatic carbocycles. The van der Waals surface area contributed by atoms with Gasteiger partial charge in [0.05, 0.1) is 18.2 Å². The van der Waals surface area contributed by atoms with Crippen LogP contribution in [-0.2, 0) is 0 Å². The average Bonchev–Trinajstić information content (AvgIpc) is 2.53. The lowest BCUT2D eigenvalue weighted by molar-refractivity contribution is 0.0699. The second-order valence-corrected chi connectivity index (χ2v) is 4.62. The van der Waals surface area contributed by atoms with Gasteiger partial charge in [0.15, 0.2) is 0 Å². The summed E-state index contributed by atoms with van der Waals surface area (Å²) in [4.78, 5) is 15.5. The van der Waals surface area contributed by atoms with E-state index in [1.165, 1.54) is 12.3 Å². The summed E-state index contributed by atoms with van der Waals surface area (Å²) >= 11 is 0. The van der Waals surface area contributed by atoms with Gasteiger partial charge in [0.1, 0.15) is 5.75 Å². The predicted molar refractivity (Wildman–Crippen MR) is 80.7 cm³/mol. The third-order valence-corrected chi connectivity index (χ3v) is 3.40. The summed E-state index contributed by atoms with van der Waals surface area (Å²) in [6.07, 6.45) is 1.51. The van der Waals surface area contributed by atoms with Crippen LogP contribution in [0.5, 0.6) is 5.75 Å². The number of ether oxygens (including phenoxy) is 1. The molecule has 4 nitrogen and oxygen atoms in total. The van der Waals surface area contributed by atoms with Gasteiger partial charge >= 0.3 is 5.97 Å². The van der Waals surface area contributed by atoms with E-state index < -0.39 is 5.97 Å². The Kier molecular flexibility index (Phi) is 3.28. The summed E-state index contributed by atoms with van der Waals surface area (Å²) in [5, 5.41) is 9.91. The minimum atomic E-state index is -0.950. The maximum atomic E-state index is 11.3. The SMILES string of the molecule is COc1ccc(-c2ccc3nccc(C(=O)O)c3c2)cc1. The molecule has 0 bridgehead atoms. The van der Waals surface area contributed by atoms with Crippen LogP contribution in [0.3, 0.4) is 0 Å². The highest BCUT2D eigenvalue weighted by Crippen LogP contribution is 2.27. The van der Waals surface area contributed by atoms with E-state index >= 15 is 0 Å². The van der Waals surface area contributed by atoms with Crippen molar-refractivity contribution in [2.75, 3.05) is 7.11 Å². The van der Waals surface area contributed by atoms with Gasteiger partial charge in [0.25, 0.3) is 0 Å². The minimum absolute atomic E-state index is 0.260. The fraction of sp³-hybridized carbons (Fsp3) is 0.0588. The number of methoxy groups -OCH3 is 1. The molecule has 0 fully saturated rings. The van der Waals surface area contributed by atoms with Gasteiger partial charge in [-0.05, 0) is 41.5 Å². The first-order valence-electron chi connectivity index (χ1n) is 6.45. The molecule has 0 radical (unpaired) electrons. The van der Waals surface area contributed by atoms with Crippen LogP contribution in [0.2, 0.25) is 0 Å². The van der Waals surface area contributed by atoms with E-state index in [1.54, 1.807) is 7.11 Å². The van der Waals surface area contributed by atoms with Crippen molar-refractivity contribution >= 4 is 16.9 Å². The third-order valence-electron chi connectivity index (χ3n) is 3.40. The summed E-state index contributed by atoms with van der Waals surface area (Å²) in [5.41, 5.74) is 2.88. The molecule has 104 valence electrons. The number of carboxylic acid groups (broad SMARTS) is 1. The van der Waals surface area contributed by atoms with Crippen LogP contribution < -0.4 is 4.74 Å². The van der Waals surface area contributed by atoms with Crippen LogP contribution >= 0.6 is 0 Å². The molecule has 3 rings (SSSR count). The van der Waals surface area contributed by atoms with Gasteiger partial charge < -0.3 is 9.84 Å². The topological polar surface area (TPSA) is 59.4 Å². The highest BCUT2D eigenvalue weighted by Gasteiger charge is 2.10. The van der Waals surface area contributed by atoms with E-state index in [1.807, 2.05) is 42.5 Å². The first-order chi connectivity index (χ1) is 10.2. The van der Waals surface area contributed by atoms with E-state index in [9.17, 15) is 9.90 Å². The zero-order chi connectivity index (χ0) is 14.8. The van der Waals surface area contributed by atoms with Gasteiger partial charge in [-0.3, -0.25) is 4.98 Å². The number of benzene rings is 2. The van der Waals surface area contributed by atoms with E-state index in [0.29, 0.717) is 10.9 Å². The molecule has 4 heteroatoms. The van der Waals surface area contributed by atoms with Gasteiger partial charge in [-0.15, -0.1) is 0 Å². The van der Waals surface area contributed by atoms with Crippen molar-refractivity contribution in [3.8, 4) is 16.9 Å². The molecule has 21 heavy (non-hydrogen) atoms. The molecule has 0 saturated heterocycles. The molecular formula is C17H13NO3. The summed E-state index contributed by atoms with van der Waals surface area (Å²) in [5.74, 6) is -0.165. The second-order valence-electron chi connectivity index (χ2n) is 4.62. The molecule has 0 spiro atoms. The molecule has 1 N–H and O–H groups in total. The average molecular weight is 279 g/mol. The second kappa shape index (κ2) is 5.25. The normalized spacial score (nSPS) is 10.5. The lowest BCUT2D eigenvalue weighted by Gasteiger charge is -2.07. The zero-order valence-electron chi connectivity index (χ0n) is 11.4. The monoisotopic (exact) mass is 279 g/mol. The number of aromatic nitrogens is 1. The van der Waals surface area contributed by atoms with Crippen LogP contribution in [0.4, 0.5) is 0 Å².